The summed E-state index contributed by atoms with van der Waals surface area (Å²) >= 11 is 0. The van der Waals surface area contributed by atoms with Gasteiger partial charge in [-0.3, -0.25) is 0 Å². The van der Waals surface area contributed by atoms with E-state index in [-0.39, 0.29) is 0 Å². The van der Waals surface area contributed by atoms with Crippen LogP contribution in [0.25, 0.3) is 108 Å². The fraction of sp³-hybridized carbons (Fsp3) is 0.0233. The van der Waals surface area contributed by atoms with Crippen LogP contribution >= 0.6 is 0 Å². The second kappa shape index (κ2) is 7.48. The fourth-order valence-corrected chi connectivity index (χ4v) is 8.43. The topological polar surface area (TPSA) is 0 Å². The van der Waals surface area contributed by atoms with Gasteiger partial charge in [0.1, 0.15) is 0 Å². The molecule has 0 heteroatoms. The van der Waals surface area contributed by atoms with Crippen LogP contribution in [0.1, 0.15) is 5.56 Å². The monoisotopic (exact) mass is 540 g/mol. The highest BCUT2D eigenvalue weighted by Gasteiger charge is 2.26. The number of rotatable bonds is 0. The van der Waals surface area contributed by atoms with Crippen molar-refractivity contribution in [1.82, 2.24) is 0 Å². The third-order valence-corrected chi connectivity index (χ3v) is 10.3. The van der Waals surface area contributed by atoms with Gasteiger partial charge in [0.25, 0.3) is 0 Å². The molecule has 10 aromatic rings. The number of fused-ring (bicyclic) bond motifs is 11. The van der Waals surface area contributed by atoms with E-state index < -0.39 is 0 Å². The number of benzene rings is 10. The molecule has 0 spiro atoms. The molecule has 1 aliphatic carbocycles. The first-order valence-corrected chi connectivity index (χ1v) is 15.2. The molecule has 0 saturated carbocycles. The summed E-state index contributed by atoms with van der Waals surface area (Å²) in [6.07, 6.45) is 0. The third kappa shape index (κ3) is 2.68. The Morgan fingerprint density at radius 2 is 0.791 bits per heavy atom. The molecule has 0 nitrogen and oxygen atoms in total. The van der Waals surface area contributed by atoms with E-state index in [0.29, 0.717) is 0 Å². The van der Waals surface area contributed by atoms with E-state index in [1.165, 1.54) is 114 Å². The molecule has 43 heavy (non-hydrogen) atoms. The molecule has 0 aliphatic heterocycles. The van der Waals surface area contributed by atoms with Crippen molar-refractivity contribution < 1.29 is 0 Å². The van der Waals surface area contributed by atoms with Gasteiger partial charge in [-0.05, 0) is 163 Å². The maximum absolute atomic E-state index is 2.47. The highest BCUT2D eigenvalue weighted by molar-refractivity contribution is 6.34. The van der Waals surface area contributed by atoms with Crippen LogP contribution in [0.3, 0.4) is 0 Å². The van der Waals surface area contributed by atoms with E-state index in [1.807, 2.05) is 0 Å². The van der Waals surface area contributed by atoms with Crippen molar-refractivity contribution in [1.29, 1.82) is 0 Å². The summed E-state index contributed by atoms with van der Waals surface area (Å²) in [4.78, 5) is 0. The van der Waals surface area contributed by atoms with Gasteiger partial charge in [-0.1, -0.05) is 84.9 Å². The Kier molecular flexibility index (Phi) is 3.86. The molecule has 0 fully saturated rings. The lowest BCUT2D eigenvalue weighted by Crippen LogP contribution is -1.87. The zero-order chi connectivity index (χ0) is 28.0. The molecular weight excluding hydrogens is 516 g/mol. The standard InChI is InChI=1S/C43H24/c1-23-15-39-37-21-29-20-36-34(32-12-5-4-11-31(32)33-16-25-7-2-3-8-26(25)17-35(33)36)19-28(29)22-38(37)40-18-27-10-6-9-24-13-14-30(23)43(41(24)27)42(39)40/h2-22H,1H3. The maximum atomic E-state index is 2.47. The molecule has 0 amide bonds. The minimum absolute atomic E-state index is 1.29. The Balaban J connectivity index is 1.31. The van der Waals surface area contributed by atoms with Crippen LogP contribution in [0, 0.1) is 6.92 Å². The van der Waals surface area contributed by atoms with Crippen molar-refractivity contribution in [2.75, 3.05) is 0 Å². The molecule has 10 aromatic carbocycles. The van der Waals surface area contributed by atoms with Gasteiger partial charge in [-0.15, -0.1) is 0 Å². The van der Waals surface area contributed by atoms with Gasteiger partial charge in [0.2, 0.25) is 0 Å². The molecule has 1 aliphatic rings. The van der Waals surface area contributed by atoms with E-state index in [4.69, 9.17) is 0 Å². The smallest absolute Gasteiger partial charge is 0.00116 e. The summed E-state index contributed by atoms with van der Waals surface area (Å²) < 4.78 is 0. The SMILES string of the molecule is Cc1cc2c3c(cc4cccc5ccc1c3c54)-c1cc3cc4c5ccccc5c5cc6ccccc6cc5c4cc3cc1-2. The van der Waals surface area contributed by atoms with Crippen molar-refractivity contribution in [3.63, 3.8) is 0 Å². The predicted octanol–water partition coefficient (Wildman–Crippen LogP) is 12.3. The van der Waals surface area contributed by atoms with Crippen molar-refractivity contribution >= 4 is 86.2 Å². The number of hydrogen-bond acceptors (Lipinski definition) is 0. The van der Waals surface area contributed by atoms with Crippen LogP contribution in [0.15, 0.2) is 127 Å². The van der Waals surface area contributed by atoms with Crippen molar-refractivity contribution in [3.05, 3.63) is 133 Å². The molecule has 0 aromatic heterocycles. The summed E-state index contributed by atoms with van der Waals surface area (Å²) in [5, 5.41) is 21.4. The van der Waals surface area contributed by atoms with Crippen molar-refractivity contribution in [3.8, 4) is 22.3 Å². The van der Waals surface area contributed by atoms with Gasteiger partial charge in [0.15, 0.2) is 0 Å². The Labute approximate surface area is 247 Å². The van der Waals surface area contributed by atoms with Crippen LogP contribution in [0.5, 0.6) is 0 Å². The van der Waals surface area contributed by atoms with E-state index in [2.05, 4.69) is 134 Å². The van der Waals surface area contributed by atoms with Gasteiger partial charge in [0, 0.05) is 0 Å². The minimum atomic E-state index is 1.29. The second-order valence-electron chi connectivity index (χ2n) is 12.5. The Bertz CT molecular complexity index is 2890. The molecule has 0 saturated heterocycles. The quantitative estimate of drug-likeness (QED) is 0.133. The van der Waals surface area contributed by atoms with E-state index >= 15 is 0 Å². The molecule has 0 N–H and O–H groups in total. The van der Waals surface area contributed by atoms with Crippen LogP contribution in [0.2, 0.25) is 0 Å². The van der Waals surface area contributed by atoms with Gasteiger partial charge in [-0.2, -0.15) is 0 Å². The first kappa shape index (κ1) is 22.2. The lowest BCUT2D eigenvalue weighted by molar-refractivity contribution is 1.55. The van der Waals surface area contributed by atoms with Crippen LogP contribution in [-0.2, 0) is 0 Å². The second-order valence-corrected chi connectivity index (χ2v) is 12.5. The molecule has 0 unspecified atom stereocenters. The highest BCUT2D eigenvalue weighted by Crippen LogP contribution is 2.53. The molecule has 0 radical (unpaired) electrons. The van der Waals surface area contributed by atoms with E-state index in [9.17, 15) is 0 Å². The molecule has 0 bridgehead atoms. The Hall–Kier alpha value is -5.46. The van der Waals surface area contributed by atoms with E-state index in [0.717, 1.165) is 0 Å². The molecule has 0 heterocycles. The Morgan fingerprint density at radius 3 is 1.47 bits per heavy atom. The van der Waals surface area contributed by atoms with Crippen molar-refractivity contribution in [2.45, 2.75) is 6.92 Å². The molecule has 11 rings (SSSR count). The number of aryl methyl sites for hydroxylation is 1. The largest absolute Gasteiger partial charge is 0.0616 e. The molecule has 0 atom stereocenters. The normalized spacial score (nSPS) is 12.8. The summed E-state index contributed by atoms with van der Waals surface area (Å²) in [5.41, 5.74) is 6.82. The highest BCUT2D eigenvalue weighted by atomic mass is 14.3. The minimum Gasteiger partial charge on any atom is -0.0616 e. The first-order chi connectivity index (χ1) is 21.2. The maximum Gasteiger partial charge on any atom is -0.00116 e. The van der Waals surface area contributed by atoms with Crippen molar-refractivity contribution in [2.24, 2.45) is 0 Å². The average Bonchev–Trinajstić information content (AvgIpc) is 3.34. The summed E-state index contributed by atoms with van der Waals surface area (Å²) in [7, 11) is 0. The first-order valence-electron chi connectivity index (χ1n) is 15.2. The summed E-state index contributed by atoms with van der Waals surface area (Å²) in [5.74, 6) is 0. The fourth-order valence-electron chi connectivity index (χ4n) is 8.43. The summed E-state index contributed by atoms with van der Waals surface area (Å²) in [6, 6.07) is 48.5. The zero-order valence-corrected chi connectivity index (χ0v) is 23.6. The average molecular weight is 541 g/mol. The van der Waals surface area contributed by atoms with Crippen LogP contribution in [0.4, 0.5) is 0 Å². The van der Waals surface area contributed by atoms with Gasteiger partial charge < -0.3 is 0 Å². The Morgan fingerprint density at radius 1 is 0.279 bits per heavy atom. The lowest BCUT2D eigenvalue weighted by Gasteiger charge is -2.14. The molecular formula is C43H24. The predicted molar refractivity (Wildman–Crippen MR) is 187 cm³/mol. The lowest BCUT2D eigenvalue weighted by atomic mass is 9.89. The van der Waals surface area contributed by atoms with Crippen LogP contribution in [-0.4, -0.2) is 0 Å². The summed E-state index contributed by atoms with van der Waals surface area (Å²) in [6.45, 7) is 2.27. The molecule has 196 valence electrons. The van der Waals surface area contributed by atoms with Gasteiger partial charge in [-0.25, -0.2) is 0 Å². The number of hydrogen-bond donors (Lipinski definition) is 0. The van der Waals surface area contributed by atoms with Gasteiger partial charge in [0.05, 0.1) is 0 Å². The zero-order valence-electron chi connectivity index (χ0n) is 23.6. The van der Waals surface area contributed by atoms with Gasteiger partial charge >= 0.3 is 0 Å². The third-order valence-electron chi connectivity index (χ3n) is 10.3. The van der Waals surface area contributed by atoms with Crippen LogP contribution < -0.4 is 0 Å². The van der Waals surface area contributed by atoms with E-state index in [1.54, 1.807) is 0 Å².